The van der Waals surface area contributed by atoms with E-state index in [1.54, 1.807) is 6.92 Å². The molecule has 1 amide bonds. The highest BCUT2D eigenvalue weighted by molar-refractivity contribution is 5.86. The summed E-state index contributed by atoms with van der Waals surface area (Å²) in [5.41, 5.74) is 3.44. The van der Waals surface area contributed by atoms with Gasteiger partial charge < -0.3 is 9.47 Å². The molecule has 2 aromatic rings. The molecule has 1 aromatic carbocycles. The van der Waals surface area contributed by atoms with E-state index in [4.69, 9.17) is 10.2 Å². The summed E-state index contributed by atoms with van der Waals surface area (Å²) in [7, 11) is 0. The second-order valence-corrected chi connectivity index (χ2v) is 11.9. The van der Waals surface area contributed by atoms with Crippen molar-refractivity contribution in [3.8, 4) is 0 Å². The predicted molar refractivity (Wildman–Crippen MR) is 136 cm³/mol. The summed E-state index contributed by atoms with van der Waals surface area (Å²) < 4.78 is 2.39. The van der Waals surface area contributed by atoms with Crippen molar-refractivity contribution < 1.29 is 9.59 Å². The van der Waals surface area contributed by atoms with E-state index >= 15 is 0 Å². The number of amides is 1. The fraction of sp³-hybridized carbons (Fsp3) is 0.655. The van der Waals surface area contributed by atoms with Crippen LogP contribution in [0.1, 0.15) is 99.1 Å². The average molecular weight is 477 g/mol. The van der Waals surface area contributed by atoms with Gasteiger partial charge in [-0.3, -0.25) is 9.59 Å². The van der Waals surface area contributed by atoms with Crippen LogP contribution in [-0.2, 0) is 16.0 Å². The molecular formula is C29H40N4O2. The van der Waals surface area contributed by atoms with Crippen LogP contribution in [0.3, 0.4) is 0 Å². The van der Waals surface area contributed by atoms with Gasteiger partial charge in [-0.15, -0.1) is 10.2 Å². The Labute approximate surface area is 209 Å². The number of carbonyl (C=O) groups is 2. The molecule has 5 rings (SSSR count). The highest BCUT2D eigenvalue weighted by atomic mass is 16.2. The summed E-state index contributed by atoms with van der Waals surface area (Å²) in [6, 6.07) is 6.74. The Kier molecular flexibility index (Phi) is 6.58. The summed E-state index contributed by atoms with van der Waals surface area (Å²) in [6.07, 6.45) is 6.40. The third-order valence-electron chi connectivity index (χ3n) is 8.44. The number of benzene rings is 1. The van der Waals surface area contributed by atoms with Crippen molar-refractivity contribution in [2.24, 2.45) is 17.8 Å². The molecule has 3 aliphatic rings. The second-order valence-electron chi connectivity index (χ2n) is 11.9. The Morgan fingerprint density at radius 3 is 2.40 bits per heavy atom. The standard InChI is InChI=1S/C29H40N4O2/c1-17(2)10-21-12-23(13-21)28-30-31-29(33(28)24-8-9-24)26-16-32(20(5)34)15-25(26)27(35)14-22-7-6-18(3)11-19(22)4/h6-7,11,17,21,23-26H,8-10,12-16H2,1-5H3/t21?,23?,25-,26?/m1/s1. The van der Waals surface area contributed by atoms with Crippen molar-refractivity contribution in [2.75, 3.05) is 13.1 Å². The van der Waals surface area contributed by atoms with Gasteiger partial charge >= 0.3 is 0 Å². The summed E-state index contributed by atoms with van der Waals surface area (Å²) in [6.45, 7) is 11.4. The van der Waals surface area contributed by atoms with Crippen LogP contribution in [0.2, 0.25) is 0 Å². The van der Waals surface area contributed by atoms with E-state index in [0.29, 0.717) is 31.5 Å². The van der Waals surface area contributed by atoms with Crippen molar-refractivity contribution in [3.63, 3.8) is 0 Å². The van der Waals surface area contributed by atoms with Crippen molar-refractivity contribution in [1.82, 2.24) is 19.7 Å². The maximum absolute atomic E-state index is 13.7. The van der Waals surface area contributed by atoms with Crippen LogP contribution >= 0.6 is 0 Å². The molecule has 1 unspecified atom stereocenters. The van der Waals surface area contributed by atoms with Crippen LogP contribution in [0.4, 0.5) is 0 Å². The minimum atomic E-state index is -0.232. The molecule has 0 bridgehead atoms. The van der Waals surface area contributed by atoms with E-state index in [-0.39, 0.29) is 23.5 Å². The largest absolute Gasteiger partial charge is 0.341 e. The first kappa shape index (κ1) is 24.2. The van der Waals surface area contributed by atoms with E-state index in [9.17, 15) is 9.59 Å². The first-order chi connectivity index (χ1) is 16.7. The molecule has 3 fully saturated rings. The van der Waals surface area contributed by atoms with Gasteiger partial charge in [0.05, 0.1) is 0 Å². The number of rotatable bonds is 8. The smallest absolute Gasteiger partial charge is 0.219 e. The van der Waals surface area contributed by atoms with Crippen LogP contribution in [-0.4, -0.2) is 44.4 Å². The highest BCUT2D eigenvalue weighted by Crippen LogP contribution is 2.48. The molecule has 1 aromatic heterocycles. The molecule has 1 saturated heterocycles. The zero-order chi connectivity index (χ0) is 24.9. The molecule has 35 heavy (non-hydrogen) atoms. The summed E-state index contributed by atoms with van der Waals surface area (Å²) in [5.74, 6) is 4.01. The quantitative estimate of drug-likeness (QED) is 0.529. The fourth-order valence-electron chi connectivity index (χ4n) is 6.37. The van der Waals surface area contributed by atoms with Gasteiger partial charge in [0.1, 0.15) is 17.4 Å². The molecule has 188 valence electrons. The van der Waals surface area contributed by atoms with Crippen molar-refractivity contribution >= 4 is 11.7 Å². The van der Waals surface area contributed by atoms with E-state index < -0.39 is 0 Å². The number of hydrogen-bond donors (Lipinski definition) is 0. The average Bonchev–Trinajstić information content (AvgIpc) is 3.35. The minimum Gasteiger partial charge on any atom is -0.341 e. The van der Waals surface area contributed by atoms with Crippen molar-refractivity contribution in [3.05, 3.63) is 46.5 Å². The Hall–Kier alpha value is -2.50. The van der Waals surface area contributed by atoms with Gasteiger partial charge in [-0.2, -0.15) is 0 Å². The lowest BCUT2D eigenvalue weighted by molar-refractivity contribution is -0.128. The van der Waals surface area contributed by atoms with E-state index in [2.05, 4.69) is 50.5 Å². The van der Waals surface area contributed by atoms with Gasteiger partial charge in [-0.05, 0) is 68.9 Å². The van der Waals surface area contributed by atoms with Gasteiger partial charge in [0, 0.05) is 50.2 Å². The highest BCUT2D eigenvalue weighted by Gasteiger charge is 2.45. The topological polar surface area (TPSA) is 68.1 Å². The van der Waals surface area contributed by atoms with Crippen molar-refractivity contribution in [1.29, 1.82) is 0 Å². The van der Waals surface area contributed by atoms with E-state index in [1.165, 1.54) is 24.8 Å². The number of hydrogen-bond acceptors (Lipinski definition) is 4. The molecule has 0 radical (unpaired) electrons. The molecule has 2 atom stereocenters. The molecule has 2 heterocycles. The summed E-state index contributed by atoms with van der Waals surface area (Å²) >= 11 is 0. The van der Waals surface area contributed by atoms with Gasteiger partial charge in [-0.25, -0.2) is 0 Å². The SMILES string of the molecule is CC(=O)N1CC(c2nnc(C3CC(CC(C)C)C3)n2C2CC2)[C@H](C(=O)Cc2ccc(C)cc2C)C1. The number of nitrogens with zero attached hydrogens (tertiary/aromatic N) is 4. The fourth-order valence-corrected chi connectivity index (χ4v) is 6.37. The first-order valence-corrected chi connectivity index (χ1v) is 13.5. The van der Waals surface area contributed by atoms with Crippen LogP contribution in [0.25, 0.3) is 0 Å². The zero-order valence-corrected chi connectivity index (χ0v) is 22.0. The molecule has 0 spiro atoms. The minimum absolute atomic E-state index is 0.0325. The van der Waals surface area contributed by atoms with E-state index in [0.717, 1.165) is 47.5 Å². The zero-order valence-electron chi connectivity index (χ0n) is 22.0. The van der Waals surface area contributed by atoms with Gasteiger partial charge in [-0.1, -0.05) is 37.6 Å². The molecule has 6 nitrogen and oxygen atoms in total. The van der Waals surface area contributed by atoms with Crippen LogP contribution in [0.5, 0.6) is 0 Å². The maximum atomic E-state index is 13.7. The second kappa shape index (κ2) is 9.51. The monoisotopic (exact) mass is 476 g/mol. The van der Waals surface area contributed by atoms with Gasteiger partial charge in [0.2, 0.25) is 5.91 Å². The number of aryl methyl sites for hydroxylation is 2. The third-order valence-corrected chi connectivity index (χ3v) is 8.44. The van der Waals surface area contributed by atoms with Gasteiger partial charge in [0.25, 0.3) is 0 Å². The number of likely N-dealkylation sites (tertiary alicyclic amines) is 1. The number of ketones is 1. The van der Waals surface area contributed by atoms with Crippen molar-refractivity contribution in [2.45, 2.75) is 91.0 Å². The predicted octanol–water partition coefficient (Wildman–Crippen LogP) is 5.14. The Morgan fingerprint density at radius 1 is 1.06 bits per heavy atom. The Bertz CT molecular complexity index is 1110. The molecule has 1 aliphatic heterocycles. The van der Waals surface area contributed by atoms with Gasteiger partial charge in [0.15, 0.2) is 0 Å². The van der Waals surface area contributed by atoms with Crippen LogP contribution < -0.4 is 0 Å². The van der Waals surface area contributed by atoms with Crippen LogP contribution in [0, 0.1) is 31.6 Å². The summed E-state index contributed by atoms with van der Waals surface area (Å²) in [4.78, 5) is 27.8. The molecule has 6 heteroatoms. The molecule has 2 saturated carbocycles. The lowest BCUT2D eigenvalue weighted by atomic mass is 9.71. The lowest BCUT2D eigenvalue weighted by Crippen LogP contribution is -2.28. The number of carbonyl (C=O) groups excluding carboxylic acids is 2. The van der Waals surface area contributed by atoms with Crippen LogP contribution in [0.15, 0.2) is 18.2 Å². The third kappa shape index (κ3) is 4.94. The molecule has 0 N–H and O–H groups in total. The number of aromatic nitrogens is 3. The van der Waals surface area contributed by atoms with E-state index in [1.807, 2.05) is 4.90 Å². The maximum Gasteiger partial charge on any atom is 0.219 e. The Morgan fingerprint density at radius 2 is 1.77 bits per heavy atom. The summed E-state index contributed by atoms with van der Waals surface area (Å²) in [5, 5.41) is 9.46. The molecular weight excluding hydrogens is 436 g/mol. The molecule has 2 aliphatic carbocycles. The number of Topliss-reactive ketones (excluding diaryl/α,β-unsaturated/α-hetero) is 1. The Balaban J connectivity index is 1.40. The first-order valence-electron chi connectivity index (χ1n) is 13.5. The normalized spacial score (nSPS) is 26.3. The lowest BCUT2D eigenvalue weighted by Gasteiger charge is -2.36.